The number of carbonyl (C=O) groups excluding carboxylic acids is 4. The van der Waals surface area contributed by atoms with Crippen molar-refractivity contribution in [1.82, 2.24) is 5.32 Å². The molecule has 1 atom stereocenters. The van der Waals surface area contributed by atoms with Crippen LogP contribution in [-0.2, 0) is 16.2 Å². The van der Waals surface area contributed by atoms with Gasteiger partial charge in [-0.25, -0.2) is 0 Å². The van der Waals surface area contributed by atoms with Crippen LogP contribution < -0.4 is 26.0 Å². The zero-order valence-electron chi connectivity index (χ0n) is 31.7. The predicted octanol–water partition coefficient (Wildman–Crippen LogP) is 9.68. The smallest absolute Gasteiger partial charge is 0.272 e. The third-order valence-corrected chi connectivity index (χ3v) is 11.3. The Balaban J connectivity index is 1.14. The topological polar surface area (TPSA) is 149 Å². The SMILES string of the molecule is CCC(Sc1cccc(NC(=O)/C(=C\c2ccc(OCc3ccccc3)cc2)NC(=O)c2ccccc2)c1)C(=O)Nc1sc(C(=O)Nc2ccccc2)c(C)c1C#N. The molecule has 0 aliphatic heterocycles. The van der Waals surface area contributed by atoms with Crippen molar-refractivity contribution in [3.63, 3.8) is 0 Å². The first-order valence-corrected chi connectivity index (χ1v) is 20.0. The standard InChI is InChI=1S/C46H39N5O5S2/c1-3-40(44(54)51-46-38(28-47)30(2)41(58-46)45(55)48-34-18-11-6-12-19-34)57-37-21-13-20-35(27-37)49-43(53)39(50-42(52)33-16-9-5-10-17-33)26-31-22-24-36(25-23-31)56-29-32-14-7-4-8-15-32/h4-27,40H,3,29H2,1-2H3,(H,48,55)(H,49,53)(H,50,52)(H,51,54)/b39-26+. The maximum atomic E-state index is 13.8. The predicted molar refractivity (Wildman–Crippen MR) is 231 cm³/mol. The van der Waals surface area contributed by atoms with Gasteiger partial charge < -0.3 is 26.0 Å². The molecule has 0 saturated carbocycles. The first-order valence-electron chi connectivity index (χ1n) is 18.3. The number of nitrogens with one attached hydrogen (secondary N) is 4. The van der Waals surface area contributed by atoms with Crippen molar-refractivity contribution in [1.29, 1.82) is 5.26 Å². The van der Waals surface area contributed by atoms with E-state index in [1.165, 1.54) is 11.8 Å². The number of thioether (sulfide) groups is 1. The number of nitrogens with zero attached hydrogens (tertiary/aromatic N) is 1. The number of benzene rings is 5. The van der Waals surface area contributed by atoms with Crippen molar-refractivity contribution in [2.75, 3.05) is 16.0 Å². The average molecular weight is 806 g/mol. The summed E-state index contributed by atoms with van der Waals surface area (Å²) in [5, 5.41) is 21.0. The first kappa shape index (κ1) is 40.7. The molecule has 1 aromatic heterocycles. The highest BCUT2D eigenvalue weighted by molar-refractivity contribution is 8.00. The van der Waals surface area contributed by atoms with Crippen molar-refractivity contribution in [2.24, 2.45) is 0 Å². The van der Waals surface area contributed by atoms with Gasteiger partial charge in [0.2, 0.25) is 5.91 Å². The number of hydrogen-bond donors (Lipinski definition) is 4. The number of thiophene rings is 1. The molecule has 10 nitrogen and oxygen atoms in total. The van der Waals surface area contributed by atoms with E-state index >= 15 is 0 Å². The van der Waals surface area contributed by atoms with Crippen LogP contribution in [0.1, 0.15) is 55.6 Å². The molecule has 4 amide bonds. The molecule has 6 rings (SSSR count). The fraction of sp³-hybridized carbons (Fsp3) is 0.109. The molecule has 0 spiro atoms. The van der Waals surface area contributed by atoms with Gasteiger partial charge >= 0.3 is 0 Å². The Morgan fingerprint density at radius 3 is 2.10 bits per heavy atom. The highest BCUT2D eigenvalue weighted by Gasteiger charge is 2.25. The third kappa shape index (κ3) is 10.9. The van der Waals surface area contributed by atoms with Crippen LogP contribution in [-0.4, -0.2) is 28.9 Å². The van der Waals surface area contributed by atoms with Crippen molar-refractivity contribution < 1.29 is 23.9 Å². The second-order valence-electron chi connectivity index (χ2n) is 12.9. The van der Waals surface area contributed by atoms with Crippen LogP contribution >= 0.6 is 23.1 Å². The lowest BCUT2D eigenvalue weighted by atomic mass is 10.1. The van der Waals surface area contributed by atoms with Crippen LogP contribution in [0.15, 0.2) is 150 Å². The Kier molecular flexibility index (Phi) is 13.9. The summed E-state index contributed by atoms with van der Waals surface area (Å²) in [7, 11) is 0. The Morgan fingerprint density at radius 1 is 0.776 bits per heavy atom. The maximum absolute atomic E-state index is 13.8. The molecule has 290 valence electrons. The quantitative estimate of drug-likeness (QED) is 0.0597. The van der Waals surface area contributed by atoms with Gasteiger partial charge in [0.1, 0.15) is 29.1 Å². The molecule has 0 radical (unpaired) electrons. The number of hydrogen-bond acceptors (Lipinski definition) is 8. The fourth-order valence-electron chi connectivity index (χ4n) is 5.70. The second-order valence-corrected chi connectivity index (χ2v) is 15.2. The zero-order valence-corrected chi connectivity index (χ0v) is 33.3. The number of nitriles is 1. The Bertz CT molecular complexity index is 2460. The molecule has 0 fully saturated rings. The summed E-state index contributed by atoms with van der Waals surface area (Å²) in [5.41, 5.74) is 3.89. The third-order valence-electron chi connectivity index (χ3n) is 8.73. The summed E-state index contributed by atoms with van der Waals surface area (Å²) in [4.78, 5) is 54.7. The molecule has 58 heavy (non-hydrogen) atoms. The number of anilines is 3. The van der Waals surface area contributed by atoms with E-state index in [-0.39, 0.29) is 23.1 Å². The number of amides is 4. The molecule has 4 N–H and O–H groups in total. The molecule has 0 aliphatic rings. The van der Waals surface area contributed by atoms with E-state index < -0.39 is 17.1 Å². The molecule has 1 unspecified atom stereocenters. The Hall–Kier alpha value is -6.94. The summed E-state index contributed by atoms with van der Waals surface area (Å²) < 4.78 is 5.91. The van der Waals surface area contributed by atoms with Crippen LogP contribution in [0.4, 0.5) is 16.4 Å². The van der Waals surface area contributed by atoms with Crippen molar-refractivity contribution >= 4 is 69.2 Å². The minimum Gasteiger partial charge on any atom is -0.489 e. The van der Waals surface area contributed by atoms with E-state index in [1.54, 1.807) is 97.9 Å². The van der Waals surface area contributed by atoms with E-state index in [0.717, 1.165) is 16.9 Å². The van der Waals surface area contributed by atoms with E-state index in [2.05, 4.69) is 27.3 Å². The van der Waals surface area contributed by atoms with Crippen molar-refractivity contribution in [2.45, 2.75) is 37.0 Å². The summed E-state index contributed by atoms with van der Waals surface area (Å²) in [6.07, 6.45) is 2.04. The molecule has 6 aromatic rings. The average Bonchev–Trinajstić information content (AvgIpc) is 3.57. The largest absolute Gasteiger partial charge is 0.489 e. The molecule has 0 bridgehead atoms. The number of para-hydroxylation sites is 1. The molecular formula is C46H39N5O5S2. The second kappa shape index (κ2) is 19.8. The normalized spacial score (nSPS) is 11.4. The Labute approximate surface area is 345 Å². The number of carbonyl (C=O) groups is 4. The molecule has 1 heterocycles. The number of ether oxygens (including phenoxy) is 1. The molecule has 5 aromatic carbocycles. The Morgan fingerprint density at radius 2 is 1.43 bits per heavy atom. The van der Waals surface area contributed by atoms with Gasteiger partial charge in [-0.15, -0.1) is 23.1 Å². The summed E-state index contributed by atoms with van der Waals surface area (Å²) >= 11 is 2.35. The van der Waals surface area contributed by atoms with Gasteiger partial charge in [0.05, 0.1) is 15.7 Å². The van der Waals surface area contributed by atoms with Crippen molar-refractivity contribution in [3.05, 3.63) is 178 Å². The first-order chi connectivity index (χ1) is 28.2. The van der Waals surface area contributed by atoms with Gasteiger partial charge in [0.15, 0.2) is 0 Å². The lowest BCUT2D eigenvalue weighted by Gasteiger charge is -2.15. The molecule has 0 saturated heterocycles. The molecular weight excluding hydrogens is 767 g/mol. The van der Waals surface area contributed by atoms with Crippen LogP contribution in [0.3, 0.4) is 0 Å². The highest BCUT2D eigenvalue weighted by atomic mass is 32.2. The minimum atomic E-state index is -0.568. The van der Waals surface area contributed by atoms with Gasteiger partial charge in [0.25, 0.3) is 17.7 Å². The highest BCUT2D eigenvalue weighted by Crippen LogP contribution is 2.35. The monoisotopic (exact) mass is 805 g/mol. The van der Waals surface area contributed by atoms with Crippen LogP contribution in [0.5, 0.6) is 5.75 Å². The number of rotatable bonds is 15. The van der Waals surface area contributed by atoms with Crippen LogP contribution in [0, 0.1) is 18.3 Å². The van der Waals surface area contributed by atoms with E-state index in [9.17, 15) is 24.4 Å². The summed E-state index contributed by atoms with van der Waals surface area (Å²) in [5.74, 6) is -1.05. The maximum Gasteiger partial charge on any atom is 0.272 e. The van der Waals surface area contributed by atoms with Gasteiger partial charge in [0, 0.05) is 21.8 Å². The zero-order chi connectivity index (χ0) is 40.9. The lowest BCUT2D eigenvalue weighted by molar-refractivity contribution is -0.116. The van der Waals surface area contributed by atoms with Crippen LogP contribution in [0.2, 0.25) is 0 Å². The van der Waals surface area contributed by atoms with E-state index in [1.807, 2.05) is 61.5 Å². The molecule has 12 heteroatoms. The van der Waals surface area contributed by atoms with Gasteiger partial charge in [-0.05, 0) is 90.7 Å². The van der Waals surface area contributed by atoms with E-state index in [4.69, 9.17) is 4.74 Å². The lowest BCUT2D eigenvalue weighted by Crippen LogP contribution is -2.30. The van der Waals surface area contributed by atoms with E-state index in [0.29, 0.717) is 61.6 Å². The summed E-state index contributed by atoms with van der Waals surface area (Å²) in [6, 6.07) is 43.8. The molecule has 0 aliphatic carbocycles. The fourth-order valence-corrected chi connectivity index (χ4v) is 7.77. The van der Waals surface area contributed by atoms with Gasteiger partial charge in [-0.1, -0.05) is 91.9 Å². The van der Waals surface area contributed by atoms with Crippen LogP contribution in [0.25, 0.3) is 6.08 Å². The van der Waals surface area contributed by atoms with Gasteiger partial charge in [-0.2, -0.15) is 5.26 Å². The van der Waals surface area contributed by atoms with Crippen molar-refractivity contribution in [3.8, 4) is 11.8 Å². The summed E-state index contributed by atoms with van der Waals surface area (Å²) in [6.45, 7) is 3.97. The minimum absolute atomic E-state index is 0.0204. The van der Waals surface area contributed by atoms with Gasteiger partial charge in [-0.3, -0.25) is 19.2 Å².